The number of carbonyl (C=O) groups is 1. The zero-order chi connectivity index (χ0) is 14.0. The van der Waals surface area contributed by atoms with Gasteiger partial charge in [0.1, 0.15) is 0 Å². The lowest BCUT2D eigenvalue weighted by atomic mass is 10.1. The molecule has 1 aromatic rings. The summed E-state index contributed by atoms with van der Waals surface area (Å²) in [5.41, 5.74) is 0.0343. The zero-order valence-corrected chi connectivity index (χ0v) is 13.1. The molecule has 112 valence electrons. The second-order valence-electron chi connectivity index (χ2n) is 4.71. The van der Waals surface area contributed by atoms with E-state index in [1.165, 1.54) is 17.4 Å². The first-order valence-electron chi connectivity index (χ1n) is 6.23. The van der Waals surface area contributed by atoms with E-state index in [0.717, 1.165) is 25.9 Å². The van der Waals surface area contributed by atoms with Gasteiger partial charge in [-0.25, -0.2) is 0 Å². The van der Waals surface area contributed by atoms with Crippen LogP contribution in [0.25, 0.3) is 0 Å². The Balaban J connectivity index is 0.00000200. The summed E-state index contributed by atoms with van der Waals surface area (Å²) in [7, 11) is 1.78. The molecule has 8 heteroatoms. The Bertz CT molecular complexity index is 500. The summed E-state index contributed by atoms with van der Waals surface area (Å²) in [4.78, 5) is 25.4. The number of nitro groups is 1. The Morgan fingerprint density at radius 2 is 2.10 bits per heavy atom. The lowest BCUT2D eigenvalue weighted by Gasteiger charge is -2.31. The maximum Gasteiger partial charge on any atom is 0.283 e. The van der Waals surface area contributed by atoms with Crippen molar-refractivity contribution in [3.8, 4) is 0 Å². The number of hydrogen-bond donors (Lipinski definition) is 1. The van der Waals surface area contributed by atoms with Crippen molar-refractivity contribution in [2.45, 2.75) is 25.8 Å². The van der Waals surface area contributed by atoms with Crippen molar-refractivity contribution >= 4 is 35.3 Å². The third-order valence-electron chi connectivity index (χ3n) is 3.48. The van der Waals surface area contributed by atoms with Gasteiger partial charge in [0, 0.05) is 19.2 Å². The normalized spacial score (nSPS) is 15.5. The van der Waals surface area contributed by atoms with E-state index < -0.39 is 4.92 Å². The van der Waals surface area contributed by atoms with Crippen LogP contribution < -0.4 is 5.32 Å². The standard InChI is InChI=1S/C12H17N3O3S.ClH/c1-8-10(15(17)18)7-11(19-8)12(16)14(2)9-3-5-13-6-4-9;/h7,9,13H,3-6H2,1-2H3;1H. The fourth-order valence-corrected chi connectivity index (χ4v) is 3.26. The van der Waals surface area contributed by atoms with E-state index >= 15 is 0 Å². The van der Waals surface area contributed by atoms with Crippen molar-refractivity contribution in [3.05, 3.63) is 25.9 Å². The van der Waals surface area contributed by atoms with Crippen LogP contribution in [-0.4, -0.2) is 41.9 Å². The highest BCUT2D eigenvalue weighted by Crippen LogP contribution is 2.29. The quantitative estimate of drug-likeness (QED) is 0.684. The first-order chi connectivity index (χ1) is 9.00. The fourth-order valence-electron chi connectivity index (χ4n) is 2.29. The van der Waals surface area contributed by atoms with Gasteiger partial charge in [-0.1, -0.05) is 0 Å². The molecule has 6 nitrogen and oxygen atoms in total. The average Bonchev–Trinajstić information content (AvgIpc) is 2.80. The van der Waals surface area contributed by atoms with Crippen molar-refractivity contribution in [3.63, 3.8) is 0 Å². The van der Waals surface area contributed by atoms with Crippen molar-refractivity contribution in [2.75, 3.05) is 20.1 Å². The van der Waals surface area contributed by atoms with Crippen LogP contribution in [0.4, 0.5) is 5.69 Å². The fraction of sp³-hybridized carbons (Fsp3) is 0.583. The number of halogens is 1. The summed E-state index contributed by atoms with van der Waals surface area (Å²) in [6.07, 6.45) is 1.85. The molecule has 2 rings (SSSR count). The van der Waals surface area contributed by atoms with Crippen LogP contribution in [0.3, 0.4) is 0 Å². The van der Waals surface area contributed by atoms with Gasteiger partial charge in [0.2, 0.25) is 0 Å². The van der Waals surface area contributed by atoms with Crippen LogP contribution in [0.15, 0.2) is 6.07 Å². The number of amides is 1. The van der Waals surface area contributed by atoms with Crippen LogP contribution in [0, 0.1) is 17.0 Å². The maximum absolute atomic E-state index is 12.3. The van der Waals surface area contributed by atoms with Crippen molar-refractivity contribution in [1.82, 2.24) is 10.2 Å². The van der Waals surface area contributed by atoms with Gasteiger partial charge < -0.3 is 10.2 Å². The molecule has 1 aliphatic heterocycles. The van der Waals surface area contributed by atoms with Crippen molar-refractivity contribution in [2.24, 2.45) is 0 Å². The number of hydrogen-bond acceptors (Lipinski definition) is 5. The molecule has 1 N–H and O–H groups in total. The molecule has 0 aromatic carbocycles. The molecule has 0 radical (unpaired) electrons. The predicted octanol–water partition coefficient (Wildman–Crippen LogP) is 2.21. The Kier molecular flexibility index (Phi) is 5.91. The third kappa shape index (κ3) is 3.47. The second-order valence-corrected chi connectivity index (χ2v) is 5.96. The molecule has 0 bridgehead atoms. The molecule has 1 aliphatic rings. The van der Waals surface area contributed by atoms with Gasteiger partial charge >= 0.3 is 0 Å². The van der Waals surface area contributed by atoms with E-state index in [1.54, 1.807) is 18.9 Å². The number of nitrogens with zero attached hydrogens (tertiary/aromatic N) is 2. The summed E-state index contributed by atoms with van der Waals surface area (Å²) in [5.74, 6) is -0.117. The highest BCUT2D eigenvalue weighted by Gasteiger charge is 2.26. The van der Waals surface area contributed by atoms with Crippen LogP contribution in [0.1, 0.15) is 27.4 Å². The summed E-state index contributed by atoms with van der Waals surface area (Å²) in [6, 6.07) is 1.61. The molecular weight excluding hydrogens is 302 g/mol. The molecule has 1 aromatic heterocycles. The Morgan fingerprint density at radius 3 is 2.60 bits per heavy atom. The SMILES string of the molecule is Cc1sc(C(=O)N(C)C2CCNCC2)cc1[N+](=O)[O-].Cl. The minimum Gasteiger partial charge on any atom is -0.338 e. The topological polar surface area (TPSA) is 75.5 Å². The van der Waals surface area contributed by atoms with Gasteiger partial charge in [-0.05, 0) is 32.9 Å². The van der Waals surface area contributed by atoms with Gasteiger partial charge in [0.15, 0.2) is 0 Å². The summed E-state index contributed by atoms with van der Waals surface area (Å²) in [6.45, 7) is 3.49. The van der Waals surface area contributed by atoms with Gasteiger partial charge in [-0.3, -0.25) is 14.9 Å². The zero-order valence-electron chi connectivity index (χ0n) is 11.4. The Morgan fingerprint density at radius 1 is 1.50 bits per heavy atom. The van der Waals surface area contributed by atoms with E-state index in [9.17, 15) is 14.9 Å². The number of rotatable bonds is 3. The van der Waals surface area contributed by atoms with Gasteiger partial charge in [-0.15, -0.1) is 23.7 Å². The second kappa shape index (κ2) is 7.01. The molecular formula is C12H18ClN3O3S. The van der Waals surface area contributed by atoms with E-state index in [4.69, 9.17) is 0 Å². The minimum absolute atomic E-state index is 0. The van der Waals surface area contributed by atoms with Gasteiger partial charge in [0.05, 0.1) is 14.7 Å². The van der Waals surface area contributed by atoms with E-state index in [-0.39, 0.29) is 30.0 Å². The van der Waals surface area contributed by atoms with Gasteiger partial charge in [0.25, 0.3) is 11.6 Å². The summed E-state index contributed by atoms with van der Waals surface area (Å²) < 4.78 is 0. The largest absolute Gasteiger partial charge is 0.338 e. The molecule has 2 heterocycles. The Labute approximate surface area is 127 Å². The molecule has 0 saturated carbocycles. The highest BCUT2D eigenvalue weighted by molar-refractivity contribution is 7.14. The smallest absolute Gasteiger partial charge is 0.283 e. The van der Waals surface area contributed by atoms with Crippen LogP contribution in [0.2, 0.25) is 0 Å². The lowest BCUT2D eigenvalue weighted by molar-refractivity contribution is -0.385. The first kappa shape index (κ1) is 16.9. The minimum atomic E-state index is -0.437. The molecule has 1 fully saturated rings. The molecule has 1 saturated heterocycles. The number of carbonyl (C=O) groups excluding carboxylic acids is 1. The van der Waals surface area contributed by atoms with E-state index in [2.05, 4.69) is 5.32 Å². The van der Waals surface area contributed by atoms with E-state index in [1.807, 2.05) is 0 Å². The van der Waals surface area contributed by atoms with Crippen LogP contribution in [-0.2, 0) is 0 Å². The molecule has 0 aliphatic carbocycles. The highest BCUT2D eigenvalue weighted by atomic mass is 35.5. The monoisotopic (exact) mass is 319 g/mol. The average molecular weight is 320 g/mol. The van der Waals surface area contributed by atoms with Crippen molar-refractivity contribution in [1.29, 1.82) is 0 Å². The third-order valence-corrected chi connectivity index (χ3v) is 4.50. The molecule has 20 heavy (non-hydrogen) atoms. The number of nitrogens with one attached hydrogen (secondary N) is 1. The number of piperidine rings is 1. The first-order valence-corrected chi connectivity index (χ1v) is 7.05. The van der Waals surface area contributed by atoms with Crippen LogP contribution >= 0.6 is 23.7 Å². The summed E-state index contributed by atoms with van der Waals surface area (Å²) >= 11 is 1.19. The van der Waals surface area contributed by atoms with Gasteiger partial charge in [-0.2, -0.15) is 0 Å². The molecule has 0 atom stereocenters. The summed E-state index contributed by atoms with van der Waals surface area (Å²) in [5, 5.41) is 14.1. The predicted molar refractivity (Wildman–Crippen MR) is 80.9 cm³/mol. The maximum atomic E-state index is 12.3. The van der Waals surface area contributed by atoms with Crippen molar-refractivity contribution < 1.29 is 9.72 Å². The molecule has 0 unspecified atom stereocenters. The van der Waals surface area contributed by atoms with Crippen LogP contribution in [0.5, 0.6) is 0 Å². The van der Waals surface area contributed by atoms with E-state index in [0.29, 0.717) is 9.75 Å². The molecule has 1 amide bonds. The Hall–Kier alpha value is -1.18. The molecule has 0 spiro atoms. The number of aryl methyl sites for hydroxylation is 1. The lowest BCUT2D eigenvalue weighted by Crippen LogP contribution is -2.43. The number of thiophene rings is 1.